The van der Waals surface area contributed by atoms with Crippen LogP contribution in [0.3, 0.4) is 0 Å². The van der Waals surface area contributed by atoms with E-state index in [1.807, 2.05) is 0 Å². The molecule has 9 nitrogen and oxygen atoms in total. The van der Waals surface area contributed by atoms with Crippen molar-refractivity contribution >= 4 is 6.01 Å². The molecule has 2 aromatic rings. The van der Waals surface area contributed by atoms with Crippen molar-refractivity contribution in [3.63, 3.8) is 0 Å². The average Bonchev–Trinajstić information content (AvgIpc) is 3.46. The maximum Gasteiger partial charge on any atom is 0.318 e. The van der Waals surface area contributed by atoms with Gasteiger partial charge < -0.3 is 28.6 Å². The summed E-state index contributed by atoms with van der Waals surface area (Å²) in [5.41, 5.74) is -0.161. The van der Waals surface area contributed by atoms with Crippen LogP contribution in [0.5, 0.6) is 5.75 Å². The summed E-state index contributed by atoms with van der Waals surface area (Å²) in [5, 5.41) is 18.0. The summed E-state index contributed by atoms with van der Waals surface area (Å²) in [4.78, 5) is 4.56. The summed E-state index contributed by atoms with van der Waals surface area (Å²) < 4.78 is 36.6. The van der Waals surface area contributed by atoms with E-state index in [0.717, 1.165) is 57.6 Å². The third kappa shape index (κ3) is 4.09. The highest BCUT2D eigenvalue weighted by atomic mass is 19.1. The molecule has 1 aromatic heterocycles. The Hall–Kier alpha value is -2.27. The molecule has 5 heterocycles. The third-order valence-electron chi connectivity index (χ3n) is 7.46. The first-order valence-electron chi connectivity index (χ1n) is 11.6. The largest absolute Gasteiger partial charge is 0.490 e. The molecule has 0 radical (unpaired) electrons. The van der Waals surface area contributed by atoms with Crippen molar-refractivity contribution in [3.05, 3.63) is 36.0 Å². The van der Waals surface area contributed by atoms with Gasteiger partial charge in [-0.05, 0) is 56.5 Å². The summed E-state index contributed by atoms with van der Waals surface area (Å²) in [7, 11) is 0. The minimum absolute atomic E-state index is 0.120. The second-order valence-corrected chi connectivity index (χ2v) is 9.93. The van der Waals surface area contributed by atoms with Gasteiger partial charge in [0.15, 0.2) is 0 Å². The predicted molar refractivity (Wildman–Crippen MR) is 115 cm³/mol. The minimum Gasteiger partial charge on any atom is -0.490 e. The Morgan fingerprint density at radius 1 is 1.21 bits per heavy atom. The van der Waals surface area contributed by atoms with Gasteiger partial charge in [-0.25, -0.2) is 4.39 Å². The van der Waals surface area contributed by atoms with Gasteiger partial charge in [0, 0.05) is 11.6 Å². The Kier molecular flexibility index (Phi) is 5.28. The van der Waals surface area contributed by atoms with E-state index in [9.17, 15) is 9.50 Å². The summed E-state index contributed by atoms with van der Waals surface area (Å²) >= 11 is 0. The Bertz CT molecular complexity index is 971. The first-order valence-corrected chi connectivity index (χ1v) is 11.6. The van der Waals surface area contributed by atoms with E-state index in [2.05, 4.69) is 20.0 Å². The number of piperidine rings is 1. The van der Waals surface area contributed by atoms with E-state index in [0.29, 0.717) is 17.8 Å². The maximum absolute atomic E-state index is 14.1. The van der Waals surface area contributed by atoms with E-state index in [1.165, 1.54) is 12.5 Å². The lowest BCUT2D eigenvalue weighted by Crippen LogP contribution is -2.62. The van der Waals surface area contributed by atoms with Crippen LogP contribution in [0.2, 0.25) is 0 Å². The molecule has 33 heavy (non-hydrogen) atoms. The molecule has 4 saturated heterocycles. The molecule has 1 N–H and O–H groups in total. The standard InChI is InChI=1S/C23H29FN4O5/c24-17-1-2-20(31-14-22(29)12-30-13-22)19(7-17)16-3-5-27(6-4-16)18-8-23(33-9-18)10-28(11-23)21-26-25-15-32-21/h1-2,7,15-16,18,29H,3-6,8-14H2/t18-/m0/s1. The Morgan fingerprint density at radius 2 is 2.03 bits per heavy atom. The van der Waals surface area contributed by atoms with Crippen LogP contribution in [0.1, 0.15) is 30.7 Å². The molecule has 1 spiro atoms. The first kappa shape index (κ1) is 21.3. The van der Waals surface area contributed by atoms with Crippen molar-refractivity contribution in [2.75, 3.05) is 57.5 Å². The Morgan fingerprint density at radius 3 is 2.73 bits per heavy atom. The van der Waals surface area contributed by atoms with Gasteiger partial charge in [-0.15, -0.1) is 5.10 Å². The van der Waals surface area contributed by atoms with Crippen molar-refractivity contribution in [1.29, 1.82) is 0 Å². The molecular weight excluding hydrogens is 431 g/mol. The highest BCUT2D eigenvalue weighted by Crippen LogP contribution is 2.41. The van der Waals surface area contributed by atoms with E-state index in [4.69, 9.17) is 18.6 Å². The zero-order valence-corrected chi connectivity index (χ0v) is 18.5. The molecule has 0 bridgehead atoms. The van der Waals surface area contributed by atoms with Crippen molar-refractivity contribution in [2.24, 2.45) is 0 Å². The van der Waals surface area contributed by atoms with Crippen molar-refractivity contribution < 1.29 is 28.1 Å². The molecule has 4 fully saturated rings. The zero-order chi connectivity index (χ0) is 22.5. The monoisotopic (exact) mass is 460 g/mol. The lowest BCUT2D eigenvalue weighted by molar-refractivity contribution is -0.192. The molecular formula is C23H29FN4O5. The van der Waals surface area contributed by atoms with Crippen LogP contribution < -0.4 is 9.64 Å². The van der Waals surface area contributed by atoms with E-state index < -0.39 is 5.60 Å². The highest BCUT2D eigenvalue weighted by Gasteiger charge is 2.52. The number of ether oxygens (including phenoxy) is 3. The van der Waals surface area contributed by atoms with Crippen LogP contribution >= 0.6 is 0 Å². The summed E-state index contributed by atoms with van der Waals surface area (Å²) in [6.45, 7) is 4.89. The lowest BCUT2D eigenvalue weighted by atomic mass is 9.86. The number of hydrogen-bond acceptors (Lipinski definition) is 9. The molecule has 178 valence electrons. The number of aliphatic hydroxyl groups is 1. The molecule has 6 rings (SSSR count). The fourth-order valence-corrected chi connectivity index (χ4v) is 5.54. The fraction of sp³-hybridized carbons (Fsp3) is 0.652. The van der Waals surface area contributed by atoms with Gasteiger partial charge in [0.2, 0.25) is 6.39 Å². The van der Waals surface area contributed by atoms with E-state index in [-0.39, 0.29) is 37.2 Å². The Balaban J connectivity index is 1.04. The number of nitrogens with zero attached hydrogens (tertiary/aromatic N) is 4. The topological polar surface area (TPSA) is 93.3 Å². The van der Waals surface area contributed by atoms with Gasteiger partial charge in [0.1, 0.15) is 29.4 Å². The lowest BCUT2D eigenvalue weighted by Gasteiger charge is -2.46. The van der Waals surface area contributed by atoms with E-state index in [1.54, 1.807) is 12.1 Å². The normalized spacial score (nSPS) is 26.8. The summed E-state index contributed by atoms with van der Waals surface area (Å²) in [6.07, 6.45) is 4.22. The number of aromatic nitrogens is 2. The third-order valence-corrected chi connectivity index (χ3v) is 7.46. The smallest absolute Gasteiger partial charge is 0.318 e. The molecule has 0 unspecified atom stereocenters. The quantitative estimate of drug-likeness (QED) is 0.690. The van der Waals surface area contributed by atoms with Crippen LogP contribution in [-0.4, -0.2) is 90.1 Å². The second-order valence-electron chi connectivity index (χ2n) is 9.93. The van der Waals surface area contributed by atoms with Crippen LogP contribution in [0, 0.1) is 5.82 Å². The molecule has 4 aliphatic rings. The number of halogens is 1. The fourth-order valence-electron chi connectivity index (χ4n) is 5.54. The summed E-state index contributed by atoms with van der Waals surface area (Å²) in [5.74, 6) is 0.633. The Labute approximate surface area is 191 Å². The van der Waals surface area contributed by atoms with Gasteiger partial charge in [-0.2, -0.15) is 0 Å². The van der Waals surface area contributed by atoms with Crippen LogP contribution in [0.4, 0.5) is 10.4 Å². The van der Waals surface area contributed by atoms with Crippen LogP contribution in [0.25, 0.3) is 0 Å². The number of benzene rings is 1. The maximum atomic E-state index is 14.1. The first-order chi connectivity index (χ1) is 16.0. The minimum atomic E-state index is -0.936. The second kappa shape index (κ2) is 8.19. The number of likely N-dealkylation sites (tertiary alicyclic amines) is 1. The SMILES string of the molecule is OC1(COc2ccc(F)cc2C2CCN([C@@H]3COC4(C3)CN(c3nnco3)C4)CC2)COC1. The highest BCUT2D eigenvalue weighted by molar-refractivity contribution is 5.38. The molecule has 0 aliphatic carbocycles. The van der Waals surface area contributed by atoms with E-state index >= 15 is 0 Å². The average molecular weight is 461 g/mol. The van der Waals surface area contributed by atoms with Gasteiger partial charge in [0.25, 0.3) is 0 Å². The van der Waals surface area contributed by atoms with Crippen LogP contribution in [-0.2, 0) is 9.47 Å². The molecule has 1 atom stereocenters. The number of rotatable bonds is 6. The van der Waals surface area contributed by atoms with Gasteiger partial charge in [0.05, 0.1) is 32.9 Å². The number of hydrogen-bond donors (Lipinski definition) is 1. The van der Waals surface area contributed by atoms with Crippen LogP contribution in [0.15, 0.2) is 29.0 Å². The molecule has 4 aliphatic heterocycles. The molecule has 1 aromatic carbocycles. The van der Waals surface area contributed by atoms with Crippen molar-refractivity contribution in [1.82, 2.24) is 15.1 Å². The zero-order valence-electron chi connectivity index (χ0n) is 18.5. The number of anilines is 1. The predicted octanol–water partition coefficient (Wildman–Crippen LogP) is 1.58. The summed E-state index contributed by atoms with van der Waals surface area (Å²) in [6, 6.07) is 5.64. The van der Waals surface area contributed by atoms with Gasteiger partial charge in [-0.3, -0.25) is 4.90 Å². The molecule has 0 amide bonds. The molecule has 0 saturated carbocycles. The van der Waals surface area contributed by atoms with Crippen molar-refractivity contribution in [2.45, 2.75) is 42.4 Å². The van der Waals surface area contributed by atoms with Gasteiger partial charge >= 0.3 is 6.01 Å². The van der Waals surface area contributed by atoms with Gasteiger partial charge in [-0.1, -0.05) is 5.10 Å². The van der Waals surface area contributed by atoms with Crippen molar-refractivity contribution in [3.8, 4) is 5.75 Å². The molecule has 10 heteroatoms.